The molecule has 0 unspecified atom stereocenters. The molecule has 1 aliphatic heterocycles. The number of hydrogen-bond donors (Lipinski definition) is 2. The topological polar surface area (TPSA) is 78.5 Å². The highest BCUT2D eigenvalue weighted by Crippen LogP contribution is 2.33. The molecule has 2 fully saturated rings. The Balaban J connectivity index is 1.56. The quantitative estimate of drug-likeness (QED) is 0.725. The molecule has 1 saturated carbocycles. The predicted octanol–water partition coefficient (Wildman–Crippen LogP) is 3.51. The fraction of sp³-hybridized carbons (Fsp3) is 0.625. The van der Waals surface area contributed by atoms with Crippen molar-refractivity contribution in [3.63, 3.8) is 0 Å². The average molecular weight is 414 g/mol. The van der Waals surface area contributed by atoms with Crippen LogP contribution in [0.1, 0.15) is 75.1 Å². The molecule has 164 valence electrons. The van der Waals surface area contributed by atoms with Crippen LogP contribution in [0, 0.1) is 13.8 Å². The van der Waals surface area contributed by atoms with Gasteiger partial charge in [-0.1, -0.05) is 52.2 Å². The van der Waals surface area contributed by atoms with E-state index < -0.39 is 11.6 Å². The number of urea groups is 1. The summed E-state index contributed by atoms with van der Waals surface area (Å²) < 4.78 is 0. The molecule has 1 saturated heterocycles. The van der Waals surface area contributed by atoms with E-state index in [0.717, 1.165) is 30.6 Å². The minimum atomic E-state index is -0.779. The molecule has 0 bridgehead atoms. The Kier molecular flexibility index (Phi) is 6.25. The van der Waals surface area contributed by atoms with Gasteiger partial charge in [-0.2, -0.15) is 0 Å². The molecule has 0 radical (unpaired) electrons. The predicted molar refractivity (Wildman–Crippen MR) is 117 cm³/mol. The molecule has 2 N–H and O–H groups in total. The standard InChI is InChI=1S/C24H35N3O3/c1-16-13-18(23(3,4)5)14-17(2)19(16)9-12-25-20(28)15-27-21(29)24(26-22(27)30)10-7-6-8-11-24/h13-14H,6-12,15H2,1-5H3,(H,25,28)(H,26,30). The third-order valence-electron chi connectivity index (χ3n) is 6.51. The van der Waals surface area contributed by atoms with E-state index in [4.69, 9.17) is 0 Å². The average Bonchev–Trinajstić information content (AvgIpc) is 2.87. The lowest BCUT2D eigenvalue weighted by Gasteiger charge is -2.30. The highest BCUT2D eigenvalue weighted by Gasteiger charge is 2.51. The summed E-state index contributed by atoms with van der Waals surface area (Å²) in [6.45, 7) is 11.1. The van der Waals surface area contributed by atoms with Crippen molar-refractivity contribution in [1.82, 2.24) is 15.5 Å². The Morgan fingerprint density at radius 2 is 1.70 bits per heavy atom. The monoisotopic (exact) mass is 413 g/mol. The van der Waals surface area contributed by atoms with Gasteiger partial charge in [-0.3, -0.25) is 14.5 Å². The number of carbonyl (C=O) groups is 3. The maximum atomic E-state index is 12.8. The molecular weight excluding hydrogens is 378 g/mol. The van der Waals surface area contributed by atoms with Gasteiger partial charge in [-0.15, -0.1) is 0 Å². The zero-order valence-electron chi connectivity index (χ0n) is 19.0. The molecule has 2 aliphatic rings. The first kappa shape index (κ1) is 22.3. The second kappa shape index (κ2) is 8.40. The zero-order valence-corrected chi connectivity index (χ0v) is 19.0. The summed E-state index contributed by atoms with van der Waals surface area (Å²) >= 11 is 0. The van der Waals surface area contributed by atoms with Crippen molar-refractivity contribution in [1.29, 1.82) is 0 Å². The van der Waals surface area contributed by atoms with Crippen LogP contribution in [0.2, 0.25) is 0 Å². The minimum Gasteiger partial charge on any atom is -0.354 e. The fourth-order valence-electron chi connectivity index (χ4n) is 4.66. The molecule has 0 atom stereocenters. The second-order valence-electron chi connectivity index (χ2n) is 9.90. The number of hydrogen-bond acceptors (Lipinski definition) is 3. The van der Waals surface area contributed by atoms with Gasteiger partial charge in [0.15, 0.2) is 0 Å². The summed E-state index contributed by atoms with van der Waals surface area (Å²) in [5.41, 5.74) is 4.31. The van der Waals surface area contributed by atoms with E-state index in [1.807, 2.05) is 0 Å². The van der Waals surface area contributed by atoms with Crippen molar-refractivity contribution in [2.24, 2.45) is 0 Å². The first-order valence-corrected chi connectivity index (χ1v) is 11.0. The van der Waals surface area contributed by atoms with Crippen LogP contribution in [-0.4, -0.2) is 41.4 Å². The van der Waals surface area contributed by atoms with Crippen LogP contribution < -0.4 is 10.6 Å². The van der Waals surface area contributed by atoms with Gasteiger partial charge in [-0.25, -0.2) is 4.79 Å². The molecule has 1 aliphatic carbocycles. The Bertz CT molecular complexity index is 825. The highest BCUT2D eigenvalue weighted by molar-refractivity contribution is 6.09. The lowest BCUT2D eigenvalue weighted by atomic mass is 9.82. The highest BCUT2D eigenvalue weighted by atomic mass is 16.2. The molecule has 30 heavy (non-hydrogen) atoms. The largest absolute Gasteiger partial charge is 0.354 e. The molecule has 0 aromatic heterocycles. The molecule has 6 nitrogen and oxygen atoms in total. The number of aryl methyl sites for hydroxylation is 2. The van der Waals surface area contributed by atoms with E-state index in [-0.39, 0.29) is 23.8 Å². The van der Waals surface area contributed by atoms with Gasteiger partial charge >= 0.3 is 6.03 Å². The third kappa shape index (κ3) is 4.52. The van der Waals surface area contributed by atoms with E-state index >= 15 is 0 Å². The summed E-state index contributed by atoms with van der Waals surface area (Å²) in [6, 6.07) is 4.00. The van der Waals surface area contributed by atoms with E-state index in [1.165, 1.54) is 22.3 Å². The summed E-state index contributed by atoms with van der Waals surface area (Å²) in [4.78, 5) is 38.6. The van der Waals surface area contributed by atoms with Gasteiger partial charge < -0.3 is 10.6 Å². The van der Waals surface area contributed by atoms with Crippen molar-refractivity contribution < 1.29 is 14.4 Å². The third-order valence-corrected chi connectivity index (χ3v) is 6.51. The Morgan fingerprint density at radius 3 is 2.27 bits per heavy atom. The number of nitrogens with one attached hydrogen (secondary N) is 2. The van der Waals surface area contributed by atoms with Crippen LogP contribution in [0.25, 0.3) is 0 Å². The molecule has 1 spiro atoms. The molecule has 4 amide bonds. The smallest absolute Gasteiger partial charge is 0.325 e. The minimum absolute atomic E-state index is 0.0980. The Morgan fingerprint density at radius 1 is 1.10 bits per heavy atom. The first-order chi connectivity index (χ1) is 14.0. The summed E-state index contributed by atoms with van der Waals surface area (Å²) in [7, 11) is 0. The molecule has 6 heteroatoms. The van der Waals surface area contributed by atoms with Crippen molar-refractivity contribution in [2.45, 2.75) is 84.1 Å². The van der Waals surface area contributed by atoms with Gasteiger partial charge in [0, 0.05) is 6.54 Å². The summed E-state index contributed by atoms with van der Waals surface area (Å²) in [6.07, 6.45) is 4.99. The Labute approximate surface area is 179 Å². The van der Waals surface area contributed by atoms with E-state index in [9.17, 15) is 14.4 Å². The second-order valence-corrected chi connectivity index (χ2v) is 9.90. The van der Waals surface area contributed by atoms with Crippen LogP contribution in [0.4, 0.5) is 4.79 Å². The number of nitrogens with zero attached hydrogens (tertiary/aromatic N) is 1. The maximum Gasteiger partial charge on any atom is 0.325 e. The number of amides is 4. The maximum absolute atomic E-state index is 12.8. The zero-order chi connectivity index (χ0) is 22.1. The first-order valence-electron chi connectivity index (χ1n) is 11.0. The number of carbonyl (C=O) groups excluding carboxylic acids is 3. The van der Waals surface area contributed by atoms with Crippen LogP contribution in [0.5, 0.6) is 0 Å². The summed E-state index contributed by atoms with van der Waals surface area (Å²) in [5, 5.41) is 5.72. The molecule has 1 aromatic carbocycles. The van der Waals surface area contributed by atoms with Crippen molar-refractivity contribution >= 4 is 17.8 Å². The molecule has 1 heterocycles. The van der Waals surface area contributed by atoms with E-state index in [2.05, 4.69) is 57.4 Å². The normalized spacial score (nSPS) is 18.6. The SMILES string of the molecule is Cc1cc(C(C)(C)C)cc(C)c1CCNC(=O)CN1C(=O)NC2(CCCCC2)C1=O. The van der Waals surface area contributed by atoms with Gasteiger partial charge in [0.1, 0.15) is 12.1 Å². The van der Waals surface area contributed by atoms with Gasteiger partial charge in [0.2, 0.25) is 5.91 Å². The van der Waals surface area contributed by atoms with Crippen LogP contribution in [-0.2, 0) is 21.4 Å². The van der Waals surface area contributed by atoms with Gasteiger partial charge in [0.25, 0.3) is 5.91 Å². The van der Waals surface area contributed by atoms with E-state index in [1.54, 1.807) is 0 Å². The van der Waals surface area contributed by atoms with Gasteiger partial charge in [-0.05, 0) is 60.8 Å². The van der Waals surface area contributed by atoms with Crippen LogP contribution >= 0.6 is 0 Å². The van der Waals surface area contributed by atoms with Crippen LogP contribution in [0.15, 0.2) is 12.1 Å². The number of benzene rings is 1. The molecule has 1 aromatic rings. The van der Waals surface area contributed by atoms with Crippen molar-refractivity contribution in [3.05, 3.63) is 34.4 Å². The number of imide groups is 1. The fourth-order valence-corrected chi connectivity index (χ4v) is 4.66. The van der Waals surface area contributed by atoms with Crippen molar-refractivity contribution in [3.8, 4) is 0 Å². The lowest BCUT2D eigenvalue weighted by Crippen LogP contribution is -2.49. The molecular formula is C24H35N3O3. The van der Waals surface area contributed by atoms with E-state index in [0.29, 0.717) is 19.4 Å². The lowest BCUT2D eigenvalue weighted by molar-refractivity contribution is -0.135. The van der Waals surface area contributed by atoms with Crippen molar-refractivity contribution in [2.75, 3.05) is 13.1 Å². The summed E-state index contributed by atoms with van der Waals surface area (Å²) in [5.74, 6) is -0.542. The van der Waals surface area contributed by atoms with Crippen LogP contribution in [0.3, 0.4) is 0 Å². The number of rotatable bonds is 5. The Hall–Kier alpha value is -2.37. The van der Waals surface area contributed by atoms with Gasteiger partial charge in [0.05, 0.1) is 0 Å². The molecule has 3 rings (SSSR count).